The number of fused-ring (bicyclic) bond motifs is 1. The largest absolute Gasteiger partial charge is 0.380 e. The van der Waals surface area contributed by atoms with Crippen LogP contribution in [0.25, 0.3) is 0 Å². The average Bonchev–Trinajstić information content (AvgIpc) is 2.64. The zero-order valence-electron chi connectivity index (χ0n) is 10.6. The molecule has 0 aliphatic carbocycles. The lowest BCUT2D eigenvalue weighted by Crippen LogP contribution is -2.30. The molecule has 0 saturated carbocycles. The number of nitrogens with zero attached hydrogens (tertiary/aromatic N) is 1. The summed E-state index contributed by atoms with van der Waals surface area (Å²) < 4.78 is 6.71. The molecule has 0 spiro atoms. The summed E-state index contributed by atoms with van der Waals surface area (Å²) in [4.78, 5) is 13.8. The molecule has 0 atom stereocenters. The second-order valence-electron chi connectivity index (χ2n) is 4.46. The number of carbonyl (C=O) groups excluding carboxylic acids is 1. The molecule has 0 unspecified atom stereocenters. The molecule has 1 aliphatic heterocycles. The Bertz CT molecular complexity index is 434. The number of benzene rings is 1. The van der Waals surface area contributed by atoms with Crippen molar-refractivity contribution in [3.63, 3.8) is 0 Å². The Morgan fingerprint density at radius 3 is 3.00 bits per heavy atom. The summed E-state index contributed by atoms with van der Waals surface area (Å²) in [7, 11) is 0. The van der Waals surface area contributed by atoms with E-state index in [1.165, 1.54) is 3.57 Å². The fraction of sp³-hybridized carbons (Fsp3) is 0.500. The molecular weight excluding hydrogens is 341 g/mol. The van der Waals surface area contributed by atoms with E-state index < -0.39 is 0 Å². The number of hydrogen-bond acceptors (Lipinski definition) is 2. The molecule has 4 heteroatoms. The van der Waals surface area contributed by atoms with E-state index in [1.807, 2.05) is 17.0 Å². The molecule has 1 aliphatic rings. The second kappa shape index (κ2) is 6.52. The van der Waals surface area contributed by atoms with Gasteiger partial charge in [-0.2, -0.15) is 0 Å². The van der Waals surface area contributed by atoms with Crippen molar-refractivity contribution < 1.29 is 9.53 Å². The summed E-state index contributed by atoms with van der Waals surface area (Å²) in [5.74, 6) is 0.186. The van der Waals surface area contributed by atoms with Crippen molar-refractivity contribution >= 4 is 34.2 Å². The van der Waals surface area contributed by atoms with E-state index in [2.05, 4.69) is 35.6 Å². The summed E-state index contributed by atoms with van der Waals surface area (Å²) in [5.41, 5.74) is 2.19. The third kappa shape index (κ3) is 3.23. The minimum absolute atomic E-state index is 0.186. The van der Waals surface area contributed by atoms with E-state index in [9.17, 15) is 4.79 Å². The number of unbranched alkanes of at least 4 members (excludes halogenated alkanes) is 1. The van der Waals surface area contributed by atoms with Gasteiger partial charge in [-0.1, -0.05) is 13.3 Å². The van der Waals surface area contributed by atoms with Crippen molar-refractivity contribution in [2.75, 3.05) is 24.7 Å². The maximum Gasteiger partial charge on any atom is 0.231 e. The van der Waals surface area contributed by atoms with Crippen LogP contribution in [0.5, 0.6) is 0 Å². The number of hydrogen-bond donors (Lipinski definition) is 0. The molecule has 0 N–H and O–H groups in total. The predicted molar refractivity (Wildman–Crippen MR) is 80.9 cm³/mol. The van der Waals surface area contributed by atoms with Gasteiger partial charge in [0, 0.05) is 22.4 Å². The Balaban J connectivity index is 1.92. The fourth-order valence-corrected chi connectivity index (χ4v) is 2.66. The van der Waals surface area contributed by atoms with E-state index in [0.717, 1.165) is 30.7 Å². The van der Waals surface area contributed by atoms with Crippen molar-refractivity contribution in [3.8, 4) is 0 Å². The first kappa shape index (κ1) is 13.8. The Morgan fingerprint density at radius 2 is 2.22 bits per heavy atom. The first-order valence-corrected chi connectivity index (χ1v) is 7.46. The highest BCUT2D eigenvalue weighted by Gasteiger charge is 2.26. The lowest BCUT2D eigenvalue weighted by molar-refractivity contribution is -0.117. The van der Waals surface area contributed by atoms with Crippen LogP contribution in [-0.2, 0) is 16.0 Å². The summed E-state index contributed by atoms with van der Waals surface area (Å²) >= 11 is 2.28. The van der Waals surface area contributed by atoms with Gasteiger partial charge < -0.3 is 9.64 Å². The molecule has 1 aromatic rings. The molecule has 1 heterocycles. The van der Waals surface area contributed by atoms with Gasteiger partial charge in [0.2, 0.25) is 5.91 Å². The van der Waals surface area contributed by atoms with Crippen LogP contribution in [0.1, 0.15) is 25.3 Å². The van der Waals surface area contributed by atoms with E-state index >= 15 is 0 Å². The number of rotatable bonds is 6. The smallest absolute Gasteiger partial charge is 0.231 e. The fourth-order valence-electron chi connectivity index (χ4n) is 2.10. The van der Waals surface area contributed by atoms with Crippen molar-refractivity contribution in [3.05, 3.63) is 27.3 Å². The molecule has 0 saturated heterocycles. The van der Waals surface area contributed by atoms with Gasteiger partial charge in [-0.05, 0) is 52.8 Å². The highest BCUT2D eigenvalue weighted by atomic mass is 127. The molecule has 0 bridgehead atoms. The second-order valence-corrected chi connectivity index (χ2v) is 5.71. The van der Waals surface area contributed by atoms with Gasteiger partial charge >= 0.3 is 0 Å². The van der Waals surface area contributed by atoms with Gasteiger partial charge in [-0.25, -0.2) is 0 Å². The number of halogens is 1. The first-order valence-electron chi connectivity index (χ1n) is 6.39. The number of carbonyl (C=O) groups is 1. The highest BCUT2D eigenvalue weighted by Crippen LogP contribution is 2.29. The SMILES string of the molecule is CCCCOCCN1C(=O)Cc2cc(I)ccc21. The van der Waals surface area contributed by atoms with Crippen molar-refractivity contribution in [2.24, 2.45) is 0 Å². The molecule has 1 aromatic carbocycles. The van der Waals surface area contributed by atoms with Crippen LogP contribution in [0.4, 0.5) is 5.69 Å². The molecule has 1 amide bonds. The Labute approximate surface area is 122 Å². The lowest BCUT2D eigenvalue weighted by atomic mass is 10.2. The van der Waals surface area contributed by atoms with Crippen molar-refractivity contribution in [1.29, 1.82) is 0 Å². The topological polar surface area (TPSA) is 29.5 Å². The van der Waals surface area contributed by atoms with Crippen molar-refractivity contribution in [1.82, 2.24) is 0 Å². The number of amides is 1. The number of ether oxygens (including phenoxy) is 1. The van der Waals surface area contributed by atoms with E-state index in [1.54, 1.807) is 0 Å². The van der Waals surface area contributed by atoms with Crippen LogP contribution in [-0.4, -0.2) is 25.7 Å². The summed E-state index contributed by atoms with van der Waals surface area (Å²) in [6.45, 7) is 4.22. The van der Waals surface area contributed by atoms with Crippen LogP contribution in [0.15, 0.2) is 18.2 Å². The van der Waals surface area contributed by atoms with E-state index in [4.69, 9.17) is 4.74 Å². The zero-order valence-corrected chi connectivity index (χ0v) is 12.8. The first-order chi connectivity index (χ1) is 8.72. The van der Waals surface area contributed by atoms with Crippen LogP contribution in [0, 0.1) is 3.57 Å². The van der Waals surface area contributed by atoms with Gasteiger partial charge in [0.05, 0.1) is 13.0 Å². The molecular formula is C14H18INO2. The van der Waals surface area contributed by atoms with Gasteiger partial charge in [-0.3, -0.25) is 4.79 Å². The average molecular weight is 359 g/mol. The lowest BCUT2D eigenvalue weighted by Gasteiger charge is -2.17. The predicted octanol–water partition coefficient (Wildman–Crippen LogP) is 3.00. The quantitative estimate of drug-likeness (QED) is 0.577. The van der Waals surface area contributed by atoms with Crippen LogP contribution in [0.2, 0.25) is 0 Å². The van der Waals surface area contributed by atoms with Crippen molar-refractivity contribution in [2.45, 2.75) is 26.2 Å². The third-order valence-corrected chi connectivity index (χ3v) is 3.75. The summed E-state index contributed by atoms with van der Waals surface area (Å²) in [5, 5.41) is 0. The van der Waals surface area contributed by atoms with Gasteiger partial charge in [0.25, 0.3) is 0 Å². The summed E-state index contributed by atoms with van der Waals surface area (Å²) in [6.07, 6.45) is 2.76. The van der Waals surface area contributed by atoms with Crippen LogP contribution < -0.4 is 4.90 Å². The van der Waals surface area contributed by atoms with E-state index in [0.29, 0.717) is 19.6 Å². The van der Waals surface area contributed by atoms with Crippen LogP contribution >= 0.6 is 22.6 Å². The molecule has 3 nitrogen and oxygen atoms in total. The monoisotopic (exact) mass is 359 g/mol. The minimum atomic E-state index is 0.186. The molecule has 0 aromatic heterocycles. The third-order valence-electron chi connectivity index (χ3n) is 3.08. The van der Waals surface area contributed by atoms with Gasteiger partial charge in [0.15, 0.2) is 0 Å². The zero-order chi connectivity index (χ0) is 13.0. The van der Waals surface area contributed by atoms with Crippen LogP contribution in [0.3, 0.4) is 0 Å². The highest BCUT2D eigenvalue weighted by molar-refractivity contribution is 14.1. The Hall–Kier alpha value is -0.620. The normalized spacial score (nSPS) is 14.1. The Kier molecular flexibility index (Phi) is 5.00. The molecule has 98 valence electrons. The molecule has 0 fully saturated rings. The van der Waals surface area contributed by atoms with Gasteiger partial charge in [0.1, 0.15) is 0 Å². The maximum atomic E-state index is 11.9. The molecule has 0 radical (unpaired) electrons. The molecule has 2 rings (SSSR count). The number of anilines is 1. The van der Waals surface area contributed by atoms with E-state index in [-0.39, 0.29) is 5.91 Å². The maximum absolute atomic E-state index is 11.9. The molecule has 18 heavy (non-hydrogen) atoms. The Morgan fingerprint density at radius 1 is 1.39 bits per heavy atom. The standard InChI is InChI=1S/C14H18INO2/c1-2-3-7-18-8-6-16-13-5-4-12(15)9-11(13)10-14(16)17/h4-5,9H,2-3,6-8,10H2,1H3. The van der Waals surface area contributed by atoms with Gasteiger partial charge in [-0.15, -0.1) is 0 Å². The summed E-state index contributed by atoms with van der Waals surface area (Å²) in [6, 6.07) is 6.17. The minimum Gasteiger partial charge on any atom is -0.380 e.